The highest BCUT2D eigenvalue weighted by Crippen LogP contribution is 2.16. The van der Waals surface area contributed by atoms with Crippen LogP contribution in [0.2, 0.25) is 5.02 Å². The largest absolute Gasteiger partial charge is 0.336 e. The number of aromatic nitrogens is 2. The van der Waals surface area contributed by atoms with Crippen LogP contribution in [0.5, 0.6) is 0 Å². The number of aryl methyl sites for hydroxylation is 2. The summed E-state index contributed by atoms with van der Waals surface area (Å²) >= 11 is 5.62. The smallest absolute Gasteiger partial charge is 0.279 e. The number of carbonyl (C=O) groups is 1. The fourth-order valence-electron chi connectivity index (χ4n) is 1.93. The first kappa shape index (κ1) is 16.2. The van der Waals surface area contributed by atoms with E-state index >= 15 is 0 Å². The number of aromatic amines is 1. The molecular weight excluding hydrogens is 309 g/mol. The summed E-state index contributed by atoms with van der Waals surface area (Å²) in [5.74, 6) is -1.08. The summed E-state index contributed by atoms with van der Waals surface area (Å²) in [5.41, 5.74) is 1.04. The first-order valence-electron chi connectivity index (χ1n) is 6.56. The van der Waals surface area contributed by atoms with Gasteiger partial charge in [0.15, 0.2) is 5.69 Å². The lowest BCUT2D eigenvalue weighted by Gasteiger charge is -2.17. The Labute approximate surface area is 131 Å². The molecule has 1 N–H and O–H groups in total. The van der Waals surface area contributed by atoms with Gasteiger partial charge in [0.2, 0.25) is 0 Å². The molecule has 0 aliphatic rings. The van der Waals surface area contributed by atoms with Gasteiger partial charge in [-0.1, -0.05) is 17.7 Å². The molecule has 2 aromatic rings. The number of hydrogen-bond donors (Lipinski definition) is 1. The molecule has 0 saturated heterocycles. The molecule has 0 aliphatic carbocycles. The molecule has 0 unspecified atom stereocenters. The number of nitrogens with one attached hydrogen (secondary N) is 1. The lowest BCUT2D eigenvalue weighted by atomic mass is 10.2. The molecule has 0 atom stereocenters. The molecule has 0 saturated carbocycles. The molecule has 7 heteroatoms. The maximum Gasteiger partial charge on any atom is 0.279 e. The Bertz CT molecular complexity index is 789. The van der Waals surface area contributed by atoms with Gasteiger partial charge in [-0.2, -0.15) is 0 Å². The second kappa shape index (κ2) is 6.27. The average molecular weight is 324 g/mol. The molecule has 1 heterocycles. The van der Waals surface area contributed by atoms with Gasteiger partial charge in [-0.25, -0.2) is 9.37 Å². The third-order valence-electron chi connectivity index (χ3n) is 3.29. The van der Waals surface area contributed by atoms with Crippen LogP contribution in [0.3, 0.4) is 0 Å². The zero-order valence-electron chi connectivity index (χ0n) is 12.4. The predicted molar refractivity (Wildman–Crippen MR) is 81.5 cm³/mol. The van der Waals surface area contributed by atoms with Crippen molar-refractivity contribution in [2.24, 2.45) is 0 Å². The Hall–Kier alpha value is -2.21. The maximum absolute atomic E-state index is 13.4. The van der Waals surface area contributed by atoms with Crippen molar-refractivity contribution in [1.29, 1.82) is 0 Å². The quantitative estimate of drug-likeness (QED) is 0.943. The number of H-pyrrole nitrogens is 1. The van der Waals surface area contributed by atoms with E-state index in [1.54, 1.807) is 19.9 Å². The second-order valence-corrected chi connectivity index (χ2v) is 5.44. The number of amides is 1. The van der Waals surface area contributed by atoms with E-state index in [0.29, 0.717) is 17.0 Å². The number of carbonyl (C=O) groups excluding carboxylic acids is 1. The molecule has 0 bridgehead atoms. The number of nitrogens with zero attached hydrogens (tertiary/aromatic N) is 2. The van der Waals surface area contributed by atoms with Gasteiger partial charge in [-0.3, -0.25) is 9.59 Å². The van der Waals surface area contributed by atoms with Crippen LogP contribution < -0.4 is 5.56 Å². The van der Waals surface area contributed by atoms with Crippen molar-refractivity contribution >= 4 is 17.5 Å². The van der Waals surface area contributed by atoms with Crippen LogP contribution in [0, 0.1) is 19.7 Å². The van der Waals surface area contributed by atoms with Crippen LogP contribution in [0.4, 0.5) is 4.39 Å². The molecule has 1 amide bonds. The molecule has 1 aromatic carbocycles. The van der Waals surface area contributed by atoms with Crippen LogP contribution in [-0.4, -0.2) is 27.8 Å². The lowest BCUT2D eigenvalue weighted by molar-refractivity contribution is 0.0777. The van der Waals surface area contributed by atoms with Crippen molar-refractivity contribution in [2.45, 2.75) is 20.4 Å². The summed E-state index contributed by atoms with van der Waals surface area (Å²) in [6.45, 7) is 3.55. The monoisotopic (exact) mass is 323 g/mol. The minimum Gasteiger partial charge on any atom is -0.336 e. The van der Waals surface area contributed by atoms with E-state index < -0.39 is 17.3 Å². The Morgan fingerprint density at radius 3 is 2.73 bits per heavy atom. The van der Waals surface area contributed by atoms with Gasteiger partial charge in [0, 0.05) is 19.3 Å². The normalized spacial score (nSPS) is 10.6. The minimum atomic E-state index is -0.554. The molecule has 1 aromatic heterocycles. The zero-order chi connectivity index (χ0) is 16.4. The van der Waals surface area contributed by atoms with E-state index in [0.717, 1.165) is 0 Å². The van der Waals surface area contributed by atoms with E-state index in [1.807, 2.05) is 0 Å². The van der Waals surface area contributed by atoms with Gasteiger partial charge in [0.25, 0.3) is 11.5 Å². The minimum absolute atomic E-state index is 0.0185. The molecule has 116 valence electrons. The van der Waals surface area contributed by atoms with Crippen LogP contribution in [0.25, 0.3) is 0 Å². The van der Waals surface area contributed by atoms with E-state index in [2.05, 4.69) is 9.97 Å². The molecule has 0 fully saturated rings. The van der Waals surface area contributed by atoms with Crippen LogP contribution in [0.1, 0.15) is 27.4 Å². The Kier molecular flexibility index (Phi) is 4.61. The number of hydrogen-bond acceptors (Lipinski definition) is 3. The molecule has 5 nitrogen and oxygen atoms in total. The molecule has 0 spiro atoms. The summed E-state index contributed by atoms with van der Waals surface area (Å²) in [6, 6.07) is 4.29. The van der Waals surface area contributed by atoms with Gasteiger partial charge < -0.3 is 9.88 Å². The van der Waals surface area contributed by atoms with Crippen molar-refractivity contribution < 1.29 is 9.18 Å². The van der Waals surface area contributed by atoms with Crippen molar-refractivity contribution in [3.63, 3.8) is 0 Å². The summed E-state index contributed by atoms with van der Waals surface area (Å²) in [6.07, 6.45) is 0. The van der Waals surface area contributed by atoms with E-state index in [9.17, 15) is 14.0 Å². The highest BCUT2D eigenvalue weighted by atomic mass is 35.5. The summed E-state index contributed by atoms with van der Waals surface area (Å²) < 4.78 is 13.4. The SMILES string of the molecule is Cc1nc(C(=O)N(C)Cc2ccc(Cl)c(F)c2)c(=O)[nH]c1C. The van der Waals surface area contributed by atoms with Crippen molar-refractivity contribution in [1.82, 2.24) is 14.9 Å². The zero-order valence-corrected chi connectivity index (χ0v) is 13.2. The number of halogens is 2. The van der Waals surface area contributed by atoms with Crippen LogP contribution >= 0.6 is 11.6 Å². The Balaban J connectivity index is 2.24. The molecule has 2 rings (SSSR count). The highest BCUT2D eigenvalue weighted by Gasteiger charge is 2.19. The number of rotatable bonds is 3. The van der Waals surface area contributed by atoms with Gasteiger partial charge in [-0.15, -0.1) is 0 Å². The van der Waals surface area contributed by atoms with Crippen molar-refractivity contribution in [3.8, 4) is 0 Å². The number of benzene rings is 1. The van der Waals surface area contributed by atoms with Crippen LogP contribution in [0.15, 0.2) is 23.0 Å². The molecule has 22 heavy (non-hydrogen) atoms. The lowest BCUT2D eigenvalue weighted by Crippen LogP contribution is -2.33. The van der Waals surface area contributed by atoms with E-state index in [1.165, 1.54) is 24.1 Å². The third-order valence-corrected chi connectivity index (χ3v) is 3.60. The topological polar surface area (TPSA) is 66.1 Å². The second-order valence-electron chi connectivity index (χ2n) is 5.03. The van der Waals surface area contributed by atoms with Gasteiger partial charge >= 0.3 is 0 Å². The van der Waals surface area contributed by atoms with Crippen molar-refractivity contribution in [2.75, 3.05) is 7.05 Å². The first-order valence-corrected chi connectivity index (χ1v) is 6.94. The van der Waals surface area contributed by atoms with Gasteiger partial charge in [0.1, 0.15) is 5.82 Å². The average Bonchev–Trinajstić information content (AvgIpc) is 2.46. The van der Waals surface area contributed by atoms with E-state index in [4.69, 9.17) is 11.6 Å². The van der Waals surface area contributed by atoms with Gasteiger partial charge in [0.05, 0.1) is 10.7 Å². The predicted octanol–water partition coefficient (Wildman–Crippen LogP) is 2.45. The highest BCUT2D eigenvalue weighted by molar-refractivity contribution is 6.30. The molecular formula is C15H15ClFN3O2. The third kappa shape index (κ3) is 3.33. The van der Waals surface area contributed by atoms with E-state index in [-0.39, 0.29) is 17.3 Å². The Morgan fingerprint density at radius 1 is 1.41 bits per heavy atom. The summed E-state index contributed by atoms with van der Waals surface area (Å²) in [4.78, 5) is 32.1. The molecule has 0 aliphatic heterocycles. The van der Waals surface area contributed by atoms with Crippen LogP contribution in [-0.2, 0) is 6.54 Å². The Morgan fingerprint density at radius 2 is 2.09 bits per heavy atom. The van der Waals surface area contributed by atoms with Crippen molar-refractivity contribution in [3.05, 3.63) is 62.0 Å². The fraction of sp³-hybridized carbons (Fsp3) is 0.267. The standard InChI is InChI=1S/C15H15ClFN3O2/c1-8-9(2)19-14(21)13(18-8)15(22)20(3)7-10-4-5-11(16)12(17)6-10/h4-6H,7H2,1-3H3,(H,19,21). The van der Waals surface area contributed by atoms with Gasteiger partial charge in [-0.05, 0) is 31.5 Å². The fourth-order valence-corrected chi connectivity index (χ4v) is 2.05. The summed E-state index contributed by atoms with van der Waals surface area (Å²) in [7, 11) is 1.52. The first-order chi connectivity index (χ1) is 10.3. The maximum atomic E-state index is 13.4. The summed E-state index contributed by atoms with van der Waals surface area (Å²) in [5, 5.41) is 0.0185. The molecule has 0 radical (unpaired) electrons.